The number of carboxylic acids is 1. The molecule has 2 aromatic rings. The predicted octanol–water partition coefficient (Wildman–Crippen LogP) is 4.03. The molecule has 0 amide bonds. The van der Waals surface area contributed by atoms with E-state index in [1.54, 1.807) is 24.3 Å². The highest BCUT2D eigenvalue weighted by Gasteiger charge is 2.20. The Morgan fingerprint density at radius 3 is 2.43 bits per heavy atom. The van der Waals surface area contributed by atoms with Gasteiger partial charge in [-0.05, 0) is 55.7 Å². The highest BCUT2D eigenvalue weighted by atomic mass is 16.5. The number of aliphatic carboxylic acids is 1. The van der Waals surface area contributed by atoms with Gasteiger partial charge in [0.05, 0.1) is 19.1 Å². The van der Waals surface area contributed by atoms with Crippen LogP contribution in [0.5, 0.6) is 11.5 Å². The minimum absolute atomic E-state index is 0.355. The van der Waals surface area contributed by atoms with Gasteiger partial charge < -0.3 is 14.6 Å². The molecule has 2 aromatic carbocycles. The van der Waals surface area contributed by atoms with Gasteiger partial charge >= 0.3 is 5.97 Å². The molecule has 0 spiro atoms. The molecular formula is C19H22O4. The molecule has 4 heteroatoms. The topological polar surface area (TPSA) is 55.8 Å². The smallest absolute Gasteiger partial charge is 0.311 e. The molecule has 0 saturated heterocycles. The molecule has 0 saturated carbocycles. The summed E-state index contributed by atoms with van der Waals surface area (Å²) in [5.41, 5.74) is 1.87. The van der Waals surface area contributed by atoms with Gasteiger partial charge in [0.25, 0.3) is 0 Å². The van der Waals surface area contributed by atoms with E-state index in [9.17, 15) is 9.90 Å². The maximum Gasteiger partial charge on any atom is 0.311 e. The van der Waals surface area contributed by atoms with Crippen LogP contribution in [0.15, 0.2) is 48.5 Å². The Hall–Kier alpha value is -2.49. The van der Waals surface area contributed by atoms with Crippen molar-refractivity contribution in [1.82, 2.24) is 0 Å². The molecule has 0 radical (unpaired) electrons. The quantitative estimate of drug-likeness (QED) is 0.799. The molecule has 0 aliphatic carbocycles. The zero-order valence-electron chi connectivity index (χ0n) is 13.5. The van der Waals surface area contributed by atoms with E-state index < -0.39 is 11.9 Å². The Balaban J connectivity index is 1.97. The summed E-state index contributed by atoms with van der Waals surface area (Å²) < 4.78 is 11.0. The standard InChI is InChI=1S/C19H22O4/c1-3-22-16-9-7-15(8-10-16)18(19(20)21)11-12-23-17-6-4-5-14(2)13-17/h4-10,13,18H,3,11-12H2,1-2H3,(H,20,21). The lowest BCUT2D eigenvalue weighted by atomic mass is 9.96. The second-order valence-corrected chi connectivity index (χ2v) is 5.35. The number of carbonyl (C=O) groups is 1. The van der Waals surface area contributed by atoms with Crippen molar-refractivity contribution in [1.29, 1.82) is 0 Å². The van der Waals surface area contributed by atoms with Gasteiger partial charge in [0.1, 0.15) is 11.5 Å². The van der Waals surface area contributed by atoms with Gasteiger partial charge in [-0.15, -0.1) is 0 Å². The van der Waals surface area contributed by atoms with Crippen molar-refractivity contribution in [3.05, 3.63) is 59.7 Å². The molecule has 1 N–H and O–H groups in total. The van der Waals surface area contributed by atoms with Crippen LogP contribution in [0.1, 0.15) is 30.4 Å². The third-order valence-corrected chi connectivity index (χ3v) is 3.56. The number of carboxylic acid groups (broad SMARTS) is 1. The van der Waals surface area contributed by atoms with Crippen LogP contribution < -0.4 is 9.47 Å². The molecule has 0 aliphatic rings. The summed E-state index contributed by atoms with van der Waals surface area (Å²) in [5, 5.41) is 9.45. The predicted molar refractivity (Wildman–Crippen MR) is 89.3 cm³/mol. The fourth-order valence-electron chi connectivity index (χ4n) is 2.40. The molecular weight excluding hydrogens is 292 g/mol. The van der Waals surface area contributed by atoms with E-state index in [2.05, 4.69) is 0 Å². The molecule has 1 unspecified atom stereocenters. The summed E-state index contributed by atoms with van der Waals surface area (Å²) in [6.07, 6.45) is 0.414. The van der Waals surface area contributed by atoms with Crippen LogP contribution in [0.4, 0.5) is 0 Å². The van der Waals surface area contributed by atoms with Crippen LogP contribution in [0.3, 0.4) is 0 Å². The number of hydrogen-bond donors (Lipinski definition) is 1. The summed E-state index contributed by atoms with van der Waals surface area (Å²) in [4.78, 5) is 11.5. The lowest BCUT2D eigenvalue weighted by Crippen LogP contribution is -2.15. The first-order valence-corrected chi connectivity index (χ1v) is 7.75. The maximum absolute atomic E-state index is 11.5. The minimum Gasteiger partial charge on any atom is -0.494 e. The molecule has 2 rings (SSSR count). The van der Waals surface area contributed by atoms with Gasteiger partial charge in [-0.2, -0.15) is 0 Å². The van der Waals surface area contributed by atoms with Crippen molar-refractivity contribution < 1.29 is 19.4 Å². The van der Waals surface area contributed by atoms with Crippen molar-refractivity contribution in [2.45, 2.75) is 26.2 Å². The van der Waals surface area contributed by atoms with Gasteiger partial charge in [0.2, 0.25) is 0 Å². The first kappa shape index (κ1) is 16.9. The van der Waals surface area contributed by atoms with E-state index in [-0.39, 0.29) is 0 Å². The molecule has 1 atom stereocenters. The van der Waals surface area contributed by atoms with Gasteiger partial charge in [0.15, 0.2) is 0 Å². The van der Waals surface area contributed by atoms with Gasteiger partial charge in [0, 0.05) is 0 Å². The van der Waals surface area contributed by atoms with Crippen LogP contribution in [0.25, 0.3) is 0 Å². The van der Waals surface area contributed by atoms with Crippen molar-refractivity contribution >= 4 is 5.97 Å². The second-order valence-electron chi connectivity index (χ2n) is 5.35. The Bertz CT molecular complexity index is 634. The van der Waals surface area contributed by atoms with Crippen molar-refractivity contribution in [2.75, 3.05) is 13.2 Å². The van der Waals surface area contributed by atoms with Crippen molar-refractivity contribution in [2.24, 2.45) is 0 Å². The van der Waals surface area contributed by atoms with Crippen LogP contribution in [0, 0.1) is 6.92 Å². The van der Waals surface area contributed by atoms with Gasteiger partial charge in [-0.25, -0.2) is 0 Å². The van der Waals surface area contributed by atoms with Crippen molar-refractivity contribution in [3.8, 4) is 11.5 Å². The molecule has 0 aromatic heterocycles. The third kappa shape index (κ3) is 5.02. The number of ether oxygens (including phenoxy) is 2. The van der Waals surface area contributed by atoms with E-state index in [0.717, 1.165) is 22.6 Å². The first-order chi connectivity index (χ1) is 11.1. The number of rotatable bonds is 8. The highest BCUT2D eigenvalue weighted by molar-refractivity contribution is 5.76. The van der Waals surface area contributed by atoms with E-state index >= 15 is 0 Å². The zero-order chi connectivity index (χ0) is 16.7. The summed E-state index contributed by atoms with van der Waals surface area (Å²) >= 11 is 0. The summed E-state index contributed by atoms with van der Waals surface area (Å²) in [6, 6.07) is 14.9. The fourth-order valence-corrected chi connectivity index (χ4v) is 2.40. The Morgan fingerprint density at radius 2 is 1.83 bits per heavy atom. The number of hydrogen-bond acceptors (Lipinski definition) is 3. The molecule has 4 nitrogen and oxygen atoms in total. The summed E-state index contributed by atoms with van der Waals surface area (Å²) in [7, 11) is 0. The summed E-state index contributed by atoms with van der Waals surface area (Å²) in [6.45, 7) is 4.85. The largest absolute Gasteiger partial charge is 0.494 e. The molecule has 0 bridgehead atoms. The van der Waals surface area contributed by atoms with E-state index in [1.165, 1.54) is 0 Å². The first-order valence-electron chi connectivity index (χ1n) is 7.75. The van der Waals surface area contributed by atoms with Gasteiger partial charge in [-0.1, -0.05) is 24.3 Å². The maximum atomic E-state index is 11.5. The zero-order valence-corrected chi connectivity index (χ0v) is 13.5. The number of benzene rings is 2. The van der Waals surface area contributed by atoms with E-state index in [0.29, 0.717) is 19.6 Å². The van der Waals surface area contributed by atoms with Crippen molar-refractivity contribution in [3.63, 3.8) is 0 Å². The normalized spacial score (nSPS) is 11.7. The lowest BCUT2D eigenvalue weighted by molar-refractivity contribution is -0.139. The molecule has 0 heterocycles. The Kier molecular flexibility index (Phi) is 6.03. The highest BCUT2D eigenvalue weighted by Crippen LogP contribution is 2.23. The average Bonchev–Trinajstić information content (AvgIpc) is 2.53. The lowest BCUT2D eigenvalue weighted by Gasteiger charge is -2.14. The SMILES string of the molecule is CCOc1ccc(C(CCOc2cccc(C)c2)C(=O)O)cc1. The number of aryl methyl sites for hydroxylation is 1. The van der Waals surface area contributed by atoms with Crippen LogP contribution in [-0.2, 0) is 4.79 Å². The van der Waals surface area contributed by atoms with Crippen LogP contribution in [-0.4, -0.2) is 24.3 Å². The van der Waals surface area contributed by atoms with Gasteiger partial charge in [-0.3, -0.25) is 4.79 Å². The Labute approximate surface area is 136 Å². The summed E-state index contributed by atoms with van der Waals surface area (Å²) in [5.74, 6) is 0.0784. The molecule has 122 valence electrons. The molecule has 23 heavy (non-hydrogen) atoms. The average molecular weight is 314 g/mol. The van der Waals surface area contributed by atoms with Crippen LogP contribution in [0.2, 0.25) is 0 Å². The molecule has 0 fully saturated rings. The molecule has 0 aliphatic heterocycles. The second kappa shape index (κ2) is 8.22. The van der Waals surface area contributed by atoms with E-state index in [1.807, 2.05) is 38.1 Å². The monoisotopic (exact) mass is 314 g/mol. The van der Waals surface area contributed by atoms with Crippen LogP contribution >= 0.6 is 0 Å². The third-order valence-electron chi connectivity index (χ3n) is 3.56. The Morgan fingerprint density at radius 1 is 1.09 bits per heavy atom. The minimum atomic E-state index is -0.845. The fraction of sp³-hybridized carbons (Fsp3) is 0.316. The van der Waals surface area contributed by atoms with E-state index in [4.69, 9.17) is 9.47 Å².